The molecule has 2 fully saturated rings. The zero-order valence-corrected chi connectivity index (χ0v) is 16.3. The van der Waals surface area contributed by atoms with Gasteiger partial charge in [-0.15, -0.1) is 12.4 Å². The third-order valence-corrected chi connectivity index (χ3v) is 4.33. The van der Waals surface area contributed by atoms with Gasteiger partial charge in [-0.3, -0.25) is 9.59 Å². The van der Waals surface area contributed by atoms with E-state index in [1.807, 2.05) is 6.92 Å². The molecule has 8 nitrogen and oxygen atoms in total. The van der Waals surface area contributed by atoms with Gasteiger partial charge in [0.15, 0.2) is 18.1 Å². The van der Waals surface area contributed by atoms with Crippen LogP contribution in [-0.4, -0.2) is 56.9 Å². The third-order valence-electron chi connectivity index (χ3n) is 4.33. The number of ether oxygens (including phenoxy) is 3. The summed E-state index contributed by atoms with van der Waals surface area (Å²) in [5, 5.41) is 8.85. The Hall–Kier alpha value is -2.03. The lowest BCUT2D eigenvalue weighted by Crippen LogP contribution is -2.53. The van der Waals surface area contributed by atoms with Crippen LogP contribution in [0.5, 0.6) is 11.5 Å². The number of anilines is 1. The van der Waals surface area contributed by atoms with E-state index in [1.54, 1.807) is 18.2 Å². The predicted octanol–water partition coefficient (Wildman–Crippen LogP) is 1.09. The molecule has 1 saturated heterocycles. The zero-order valence-electron chi connectivity index (χ0n) is 15.4. The van der Waals surface area contributed by atoms with Crippen molar-refractivity contribution in [1.82, 2.24) is 10.6 Å². The van der Waals surface area contributed by atoms with Crippen LogP contribution in [0.4, 0.5) is 5.69 Å². The summed E-state index contributed by atoms with van der Waals surface area (Å²) in [6.45, 7) is 2.99. The first-order valence-electron chi connectivity index (χ1n) is 8.83. The number of carbonyl (C=O) groups excluding carboxylic acids is 2. The second kappa shape index (κ2) is 9.77. The van der Waals surface area contributed by atoms with Crippen molar-refractivity contribution in [1.29, 1.82) is 0 Å². The highest BCUT2D eigenvalue weighted by Crippen LogP contribution is 2.30. The molecular formula is C18H26ClN3O5. The highest BCUT2D eigenvalue weighted by molar-refractivity contribution is 5.95. The van der Waals surface area contributed by atoms with E-state index < -0.39 is 6.04 Å². The highest BCUT2D eigenvalue weighted by Gasteiger charge is 2.28. The summed E-state index contributed by atoms with van der Waals surface area (Å²) in [5.41, 5.74) is 0.563. The Morgan fingerprint density at radius 1 is 1.30 bits per heavy atom. The molecule has 1 heterocycles. The van der Waals surface area contributed by atoms with E-state index in [1.165, 1.54) is 7.11 Å². The van der Waals surface area contributed by atoms with Crippen molar-refractivity contribution in [2.24, 2.45) is 0 Å². The second-order valence-electron chi connectivity index (χ2n) is 6.49. The van der Waals surface area contributed by atoms with Crippen LogP contribution in [0.1, 0.15) is 19.8 Å². The minimum atomic E-state index is -0.417. The van der Waals surface area contributed by atoms with Gasteiger partial charge in [0.05, 0.1) is 19.8 Å². The monoisotopic (exact) mass is 399 g/mol. The highest BCUT2D eigenvalue weighted by atomic mass is 35.5. The van der Waals surface area contributed by atoms with Gasteiger partial charge in [-0.05, 0) is 31.9 Å². The van der Waals surface area contributed by atoms with Crippen LogP contribution in [0.15, 0.2) is 18.2 Å². The number of hydrogen-bond donors (Lipinski definition) is 3. The van der Waals surface area contributed by atoms with Crippen molar-refractivity contribution in [2.45, 2.75) is 38.0 Å². The predicted molar refractivity (Wildman–Crippen MR) is 103 cm³/mol. The van der Waals surface area contributed by atoms with Crippen LogP contribution in [0.2, 0.25) is 0 Å². The summed E-state index contributed by atoms with van der Waals surface area (Å²) in [6.07, 6.45) is 1.84. The number of nitrogens with one attached hydrogen (secondary N) is 3. The van der Waals surface area contributed by atoms with E-state index in [2.05, 4.69) is 16.0 Å². The Labute approximate surface area is 164 Å². The fraction of sp³-hybridized carbons (Fsp3) is 0.556. The molecule has 1 aromatic rings. The van der Waals surface area contributed by atoms with Gasteiger partial charge in [-0.1, -0.05) is 0 Å². The Morgan fingerprint density at radius 2 is 2.07 bits per heavy atom. The van der Waals surface area contributed by atoms with Gasteiger partial charge in [0, 0.05) is 24.3 Å². The largest absolute Gasteiger partial charge is 0.493 e. The molecule has 2 aliphatic rings. The summed E-state index contributed by atoms with van der Waals surface area (Å²) in [5.74, 6) is 0.549. The lowest BCUT2D eigenvalue weighted by molar-refractivity contribution is -0.124. The molecule has 0 spiro atoms. The number of carbonyl (C=O) groups is 2. The molecule has 27 heavy (non-hydrogen) atoms. The van der Waals surface area contributed by atoms with E-state index in [-0.39, 0.29) is 43.0 Å². The molecule has 0 bridgehead atoms. The fourth-order valence-corrected chi connectivity index (χ4v) is 2.75. The first kappa shape index (κ1) is 21.3. The van der Waals surface area contributed by atoms with E-state index in [9.17, 15) is 9.59 Å². The normalized spacial score (nSPS) is 21.6. The second-order valence-corrected chi connectivity index (χ2v) is 6.49. The first-order valence-corrected chi connectivity index (χ1v) is 8.83. The topological polar surface area (TPSA) is 97.9 Å². The lowest BCUT2D eigenvalue weighted by atomic mass is 10.1. The van der Waals surface area contributed by atoms with E-state index in [0.717, 1.165) is 12.8 Å². The number of rotatable bonds is 7. The molecule has 3 rings (SSSR count). The van der Waals surface area contributed by atoms with Crippen molar-refractivity contribution in [3.63, 3.8) is 0 Å². The Morgan fingerprint density at radius 3 is 2.74 bits per heavy atom. The van der Waals surface area contributed by atoms with Crippen LogP contribution < -0.4 is 25.4 Å². The molecule has 2 amide bonds. The van der Waals surface area contributed by atoms with Gasteiger partial charge in [0.2, 0.25) is 5.91 Å². The minimum absolute atomic E-state index is 0. The Balaban J connectivity index is 0.00000261. The molecule has 0 unspecified atom stereocenters. The van der Waals surface area contributed by atoms with Crippen LogP contribution in [-0.2, 0) is 14.3 Å². The maximum atomic E-state index is 12.4. The smallest absolute Gasteiger partial charge is 0.258 e. The van der Waals surface area contributed by atoms with Crippen molar-refractivity contribution >= 4 is 29.9 Å². The van der Waals surface area contributed by atoms with Crippen LogP contribution >= 0.6 is 12.4 Å². The standard InChI is InChI=1S/C18H25N3O5.ClH/c1-11-17(19-7-8-25-11)18(23)21-13-5-6-14(24-2)15(9-13)26-10-16(22)20-12-3-4-12;/h5-6,9,11-12,17,19H,3-4,7-8,10H2,1-2H3,(H,20,22)(H,21,23);1H/t11-,17+;/m1./s1. The number of methoxy groups -OCH3 is 1. The summed E-state index contributed by atoms with van der Waals surface area (Å²) >= 11 is 0. The summed E-state index contributed by atoms with van der Waals surface area (Å²) in [4.78, 5) is 24.3. The molecule has 1 saturated carbocycles. The van der Waals surface area contributed by atoms with Gasteiger partial charge in [0.25, 0.3) is 5.91 Å². The van der Waals surface area contributed by atoms with Gasteiger partial charge >= 0.3 is 0 Å². The molecule has 0 aromatic heterocycles. The first-order chi connectivity index (χ1) is 12.6. The van der Waals surface area contributed by atoms with Crippen LogP contribution in [0.25, 0.3) is 0 Å². The molecule has 1 aliphatic carbocycles. The van der Waals surface area contributed by atoms with Crippen molar-refractivity contribution in [3.05, 3.63) is 18.2 Å². The minimum Gasteiger partial charge on any atom is -0.493 e. The van der Waals surface area contributed by atoms with E-state index in [0.29, 0.717) is 30.3 Å². The molecule has 9 heteroatoms. The average molecular weight is 400 g/mol. The molecule has 3 N–H and O–H groups in total. The van der Waals surface area contributed by atoms with Gasteiger partial charge in [-0.2, -0.15) is 0 Å². The number of halogens is 1. The fourth-order valence-electron chi connectivity index (χ4n) is 2.75. The molecule has 2 atom stereocenters. The number of hydrogen-bond acceptors (Lipinski definition) is 6. The number of morpholine rings is 1. The molecule has 150 valence electrons. The molecule has 1 aliphatic heterocycles. The third kappa shape index (κ3) is 5.98. The van der Waals surface area contributed by atoms with Crippen molar-refractivity contribution < 1.29 is 23.8 Å². The average Bonchev–Trinajstić information content (AvgIpc) is 3.44. The summed E-state index contributed by atoms with van der Waals surface area (Å²) in [6, 6.07) is 4.93. The van der Waals surface area contributed by atoms with Gasteiger partial charge < -0.3 is 30.2 Å². The summed E-state index contributed by atoms with van der Waals surface area (Å²) < 4.78 is 16.3. The maximum absolute atomic E-state index is 12.4. The quantitative estimate of drug-likeness (QED) is 0.635. The zero-order chi connectivity index (χ0) is 18.5. The number of benzene rings is 1. The van der Waals surface area contributed by atoms with E-state index >= 15 is 0 Å². The van der Waals surface area contributed by atoms with E-state index in [4.69, 9.17) is 14.2 Å². The van der Waals surface area contributed by atoms with Gasteiger partial charge in [0.1, 0.15) is 6.04 Å². The molecular weight excluding hydrogens is 374 g/mol. The molecule has 1 aromatic carbocycles. The molecule has 0 radical (unpaired) electrons. The maximum Gasteiger partial charge on any atom is 0.258 e. The van der Waals surface area contributed by atoms with Crippen LogP contribution in [0.3, 0.4) is 0 Å². The number of amides is 2. The lowest BCUT2D eigenvalue weighted by Gasteiger charge is -2.29. The Kier molecular flexibility index (Phi) is 7.70. The SMILES string of the molecule is COc1ccc(NC(=O)[C@H]2NCCO[C@@H]2C)cc1OCC(=O)NC1CC1.Cl. The van der Waals surface area contributed by atoms with Crippen molar-refractivity contribution in [3.8, 4) is 11.5 Å². The Bertz CT molecular complexity index is 668. The van der Waals surface area contributed by atoms with Crippen molar-refractivity contribution in [2.75, 3.05) is 32.2 Å². The van der Waals surface area contributed by atoms with Crippen LogP contribution in [0, 0.1) is 0 Å². The summed E-state index contributed by atoms with van der Waals surface area (Å²) in [7, 11) is 1.52. The van der Waals surface area contributed by atoms with Gasteiger partial charge in [-0.25, -0.2) is 0 Å².